The van der Waals surface area contributed by atoms with Crippen LogP contribution in [0.15, 0.2) is 51.7 Å². The summed E-state index contributed by atoms with van der Waals surface area (Å²) >= 11 is 1.09. The summed E-state index contributed by atoms with van der Waals surface area (Å²) in [7, 11) is 1.56. The second kappa shape index (κ2) is 10.3. The summed E-state index contributed by atoms with van der Waals surface area (Å²) in [5.41, 5.74) is 7.23. The number of carboxylic acids is 1. The van der Waals surface area contributed by atoms with Gasteiger partial charge in [0.05, 0.1) is 7.11 Å². The second-order valence-electron chi connectivity index (χ2n) is 7.08. The second-order valence-corrected chi connectivity index (χ2v) is 8.21. The molecule has 0 bridgehead atoms. The van der Waals surface area contributed by atoms with Crippen LogP contribution in [0.4, 0.5) is 5.69 Å². The zero-order valence-electron chi connectivity index (χ0n) is 17.7. The van der Waals surface area contributed by atoms with E-state index in [-0.39, 0.29) is 5.56 Å². The van der Waals surface area contributed by atoms with E-state index < -0.39 is 22.9 Å². The van der Waals surface area contributed by atoms with Crippen molar-refractivity contribution in [2.75, 3.05) is 12.4 Å². The minimum atomic E-state index is -1.08. The first-order chi connectivity index (χ1) is 15.3. The summed E-state index contributed by atoms with van der Waals surface area (Å²) in [6.07, 6.45) is 1.52. The molecule has 0 aliphatic rings. The van der Waals surface area contributed by atoms with E-state index in [4.69, 9.17) is 20.0 Å². The third-order valence-corrected chi connectivity index (χ3v) is 5.87. The average molecular weight is 457 g/mol. The highest BCUT2D eigenvalue weighted by molar-refractivity contribution is 7.99. The van der Waals surface area contributed by atoms with Crippen LogP contribution in [0.5, 0.6) is 5.75 Å². The van der Waals surface area contributed by atoms with Gasteiger partial charge in [0.15, 0.2) is 5.37 Å². The van der Waals surface area contributed by atoms with E-state index in [1.807, 2.05) is 6.92 Å². The maximum absolute atomic E-state index is 12.7. The Kier molecular flexibility index (Phi) is 7.55. The molecule has 8 nitrogen and oxygen atoms in total. The highest BCUT2D eigenvalue weighted by Crippen LogP contribution is 2.29. The number of aryl methyl sites for hydroxylation is 1. The fourth-order valence-electron chi connectivity index (χ4n) is 3.20. The number of aliphatic carboxylic acids is 1. The summed E-state index contributed by atoms with van der Waals surface area (Å²) in [6.45, 7) is 2.02. The third-order valence-electron chi connectivity index (χ3n) is 4.81. The molecule has 3 rings (SSSR count). The monoisotopic (exact) mass is 456 g/mol. The molecular formula is C23H24N2O6S. The summed E-state index contributed by atoms with van der Waals surface area (Å²) in [5.74, 6) is -0.598. The van der Waals surface area contributed by atoms with Crippen LogP contribution in [0.25, 0.3) is 11.0 Å². The number of benzene rings is 2. The lowest BCUT2D eigenvalue weighted by Crippen LogP contribution is -2.26. The molecule has 1 amide bonds. The molecule has 2 aromatic carbocycles. The number of carbonyl (C=O) groups excluding carboxylic acids is 1. The van der Waals surface area contributed by atoms with Gasteiger partial charge in [-0.25, -0.2) is 9.59 Å². The molecule has 9 heteroatoms. The number of methoxy groups -OCH3 is 1. The van der Waals surface area contributed by atoms with Crippen molar-refractivity contribution in [2.45, 2.75) is 30.9 Å². The van der Waals surface area contributed by atoms with Gasteiger partial charge in [0.25, 0.3) is 5.91 Å². The van der Waals surface area contributed by atoms with Crippen molar-refractivity contribution in [3.63, 3.8) is 0 Å². The van der Waals surface area contributed by atoms with E-state index in [9.17, 15) is 14.4 Å². The van der Waals surface area contributed by atoms with Crippen molar-refractivity contribution in [3.05, 3.63) is 69.6 Å². The topological polar surface area (TPSA) is 132 Å². The number of nitrogens with two attached hydrogens (primary N) is 1. The average Bonchev–Trinajstić information content (AvgIpc) is 2.78. The van der Waals surface area contributed by atoms with Crippen molar-refractivity contribution < 1.29 is 23.8 Å². The molecule has 1 heterocycles. The molecule has 3 aromatic rings. The van der Waals surface area contributed by atoms with Crippen LogP contribution in [-0.4, -0.2) is 29.5 Å². The van der Waals surface area contributed by atoms with Gasteiger partial charge < -0.3 is 25.3 Å². The molecule has 0 saturated heterocycles. The number of amides is 1. The SMILES string of the molecule is CCCc1c(OC)ccc2cc(C(=O)Nc3ccc(CSC(N)C(=O)O)cc3)c(=O)oc12. The Labute approximate surface area is 188 Å². The molecule has 168 valence electrons. The lowest BCUT2D eigenvalue weighted by molar-refractivity contribution is -0.136. The number of ether oxygens (including phenoxy) is 1. The quantitative estimate of drug-likeness (QED) is 0.329. The maximum Gasteiger partial charge on any atom is 0.349 e. The van der Waals surface area contributed by atoms with Crippen LogP contribution in [0.3, 0.4) is 0 Å². The van der Waals surface area contributed by atoms with Crippen LogP contribution in [-0.2, 0) is 17.0 Å². The molecule has 0 fully saturated rings. The van der Waals surface area contributed by atoms with Gasteiger partial charge in [0, 0.05) is 22.4 Å². The molecule has 0 spiro atoms. The van der Waals surface area contributed by atoms with Gasteiger partial charge in [-0.15, -0.1) is 11.8 Å². The van der Waals surface area contributed by atoms with Crippen LogP contribution < -0.4 is 21.4 Å². The summed E-state index contributed by atoms with van der Waals surface area (Å²) < 4.78 is 10.9. The zero-order valence-corrected chi connectivity index (χ0v) is 18.5. The molecule has 0 aliphatic carbocycles. The maximum atomic E-state index is 12.7. The van der Waals surface area contributed by atoms with E-state index in [0.717, 1.165) is 29.3 Å². The molecule has 1 aromatic heterocycles. The Morgan fingerprint density at radius 3 is 2.56 bits per heavy atom. The lowest BCUT2D eigenvalue weighted by Gasteiger charge is -2.11. The number of carbonyl (C=O) groups is 2. The van der Waals surface area contributed by atoms with E-state index in [2.05, 4.69) is 5.32 Å². The summed E-state index contributed by atoms with van der Waals surface area (Å²) in [4.78, 5) is 36.0. The zero-order chi connectivity index (χ0) is 23.3. The van der Waals surface area contributed by atoms with Gasteiger partial charge in [-0.2, -0.15) is 0 Å². The highest BCUT2D eigenvalue weighted by atomic mass is 32.2. The Morgan fingerprint density at radius 2 is 1.94 bits per heavy atom. The van der Waals surface area contributed by atoms with E-state index in [1.54, 1.807) is 43.5 Å². The number of thioether (sulfide) groups is 1. The highest BCUT2D eigenvalue weighted by Gasteiger charge is 2.18. The van der Waals surface area contributed by atoms with E-state index in [0.29, 0.717) is 34.6 Å². The number of hydrogen-bond donors (Lipinski definition) is 3. The van der Waals surface area contributed by atoms with Gasteiger partial charge in [0.2, 0.25) is 0 Å². The van der Waals surface area contributed by atoms with Crippen LogP contribution in [0, 0.1) is 0 Å². The third kappa shape index (κ3) is 5.30. The molecule has 0 saturated carbocycles. The Bertz CT molecular complexity index is 1190. The van der Waals surface area contributed by atoms with Crippen LogP contribution in [0.2, 0.25) is 0 Å². The fourth-order valence-corrected chi connectivity index (χ4v) is 3.91. The first kappa shape index (κ1) is 23.4. The van der Waals surface area contributed by atoms with Crippen molar-refractivity contribution in [2.24, 2.45) is 5.73 Å². The first-order valence-electron chi connectivity index (χ1n) is 9.98. The van der Waals surface area contributed by atoms with Crippen LogP contribution in [0.1, 0.15) is 34.8 Å². The first-order valence-corrected chi connectivity index (χ1v) is 11.0. The fraction of sp³-hybridized carbons (Fsp3) is 0.261. The Balaban J connectivity index is 1.79. The summed E-state index contributed by atoms with van der Waals surface area (Å²) in [6, 6.07) is 11.9. The predicted molar refractivity (Wildman–Crippen MR) is 124 cm³/mol. The lowest BCUT2D eigenvalue weighted by atomic mass is 10.0. The molecule has 0 aliphatic heterocycles. The molecule has 0 radical (unpaired) electrons. The standard InChI is InChI=1S/C23H24N2O6S/c1-3-4-16-18(30-2)10-7-14-11-17(23(29)31-19(14)16)21(26)25-15-8-5-13(6-9-15)12-32-20(24)22(27)28/h5-11,20H,3-4,12,24H2,1-2H3,(H,25,26)(H,27,28). The van der Waals surface area contributed by atoms with Gasteiger partial charge in [-0.05, 0) is 42.3 Å². The van der Waals surface area contributed by atoms with Gasteiger partial charge in [-0.1, -0.05) is 25.5 Å². The van der Waals surface area contributed by atoms with Crippen molar-refractivity contribution in [1.82, 2.24) is 0 Å². The number of rotatable bonds is 9. The van der Waals surface area contributed by atoms with E-state index in [1.165, 1.54) is 6.07 Å². The van der Waals surface area contributed by atoms with Crippen LogP contribution >= 0.6 is 11.8 Å². The predicted octanol–water partition coefficient (Wildman–Crippen LogP) is 3.61. The van der Waals surface area contributed by atoms with Crippen molar-refractivity contribution in [3.8, 4) is 5.75 Å². The number of anilines is 1. The van der Waals surface area contributed by atoms with Crippen molar-refractivity contribution in [1.29, 1.82) is 0 Å². The number of nitrogens with one attached hydrogen (secondary N) is 1. The molecule has 4 N–H and O–H groups in total. The van der Waals surface area contributed by atoms with Gasteiger partial charge in [-0.3, -0.25) is 4.79 Å². The molecule has 1 atom stereocenters. The normalized spacial score (nSPS) is 11.8. The largest absolute Gasteiger partial charge is 0.496 e. The number of hydrogen-bond acceptors (Lipinski definition) is 7. The Hall–Kier alpha value is -3.30. The van der Waals surface area contributed by atoms with Crippen molar-refractivity contribution >= 4 is 40.3 Å². The molecule has 32 heavy (non-hydrogen) atoms. The summed E-state index contributed by atoms with van der Waals surface area (Å²) in [5, 5.41) is 11.2. The number of carboxylic acid groups (broad SMARTS) is 1. The van der Waals surface area contributed by atoms with Gasteiger partial charge >= 0.3 is 11.6 Å². The number of fused-ring (bicyclic) bond motifs is 1. The van der Waals surface area contributed by atoms with E-state index >= 15 is 0 Å². The Morgan fingerprint density at radius 1 is 1.22 bits per heavy atom. The minimum absolute atomic E-state index is 0.0998. The molecular weight excluding hydrogens is 432 g/mol. The van der Waals surface area contributed by atoms with Gasteiger partial charge in [0.1, 0.15) is 16.9 Å². The smallest absolute Gasteiger partial charge is 0.349 e. The minimum Gasteiger partial charge on any atom is -0.496 e. The molecule has 1 unspecified atom stereocenters.